The molecule has 1 saturated heterocycles. The predicted octanol–water partition coefficient (Wildman–Crippen LogP) is 3.73. The lowest BCUT2D eigenvalue weighted by molar-refractivity contribution is 0.346. The number of pyridine rings is 1. The average molecular weight is 447 g/mol. The summed E-state index contributed by atoms with van der Waals surface area (Å²) in [5.41, 5.74) is -0.0104. The van der Waals surface area contributed by atoms with Gasteiger partial charge in [-0.25, -0.2) is 13.5 Å². The lowest BCUT2D eigenvalue weighted by Crippen LogP contribution is -2.39. The summed E-state index contributed by atoms with van der Waals surface area (Å²) in [5, 5.41) is 12.7. The van der Waals surface area contributed by atoms with Gasteiger partial charge in [0.15, 0.2) is 0 Å². The Morgan fingerprint density at radius 2 is 1.74 bits per heavy atom. The van der Waals surface area contributed by atoms with Crippen LogP contribution in [0.2, 0.25) is 0 Å². The van der Waals surface area contributed by atoms with Crippen molar-refractivity contribution in [2.45, 2.75) is 71.3 Å². The number of anilines is 1. The molecular weight excluding hydrogens is 412 g/mol. The highest BCUT2D eigenvalue weighted by Crippen LogP contribution is 2.17. The Labute approximate surface area is 187 Å². The summed E-state index contributed by atoms with van der Waals surface area (Å²) < 4.78 is 13.4. The molecule has 0 bridgehead atoms. The summed E-state index contributed by atoms with van der Waals surface area (Å²) in [6.07, 6.45) is 14.0. The van der Waals surface area contributed by atoms with Gasteiger partial charge in [0.25, 0.3) is 5.56 Å². The first kappa shape index (κ1) is 25.0. The first-order chi connectivity index (χ1) is 15.1. The monoisotopic (exact) mass is 446 g/mol. The fraction of sp³-hybridized carbons (Fsp3) is 0.636. The van der Waals surface area contributed by atoms with E-state index in [1.54, 1.807) is 12.5 Å². The average Bonchev–Trinajstić information content (AvgIpc) is 2.82. The Bertz CT molecular complexity index is 932. The topological polar surface area (TPSA) is 115 Å². The van der Waals surface area contributed by atoms with Crippen LogP contribution in [0.25, 0.3) is 11.0 Å². The Morgan fingerprint density at radius 1 is 1.16 bits per heavy atom. The first-order valence-corrected chi connectivity index (χ1v) is 12.7. The fourth-order valence-corrected chi connectivity index (χ4v) is 4.37. The van der Waals surface area contributed by atoms with Gasteiger partial charge in [-0.1, -0.05) is 52.4 Å². The standard InChI is InChI=1S/C14H16N6O2S.C6H12.C2H6/c1-23(22)20-4-2-11(3-5-20)17-14-16-8-10-6-9(7-15)13(21)18-12(10)19-14;1-2-4-6-5-3-1;1-2/h6,8,11H,2-5H2,1H3,(H2,16,17,18,19,21);1-6H2;1-2H3. The third kappa shape index (κ3) is 7.71. The molecule has 0 amide bonds. The van der Waals surface area contributed by atoms with Crippen LogP contribution in [0, 0.1) is 11.3 Å². The van der Waals surface area contributed by atoms with Crippen LogP contribution in [-0.4, -0.2) is 48.9 Å². The number of rotatable bonds is 3. The van der Waals surface area contributed by atoms with Crippen LogP contribution < -0.4 is 10.9 Å². The Morgan fingerprint density at radius 3 is 2.26 bits per heavy atom. The molecular formula is C22H34N6O2S. The summed E-state index contributed by atoms with van der Waals surface area (Å²) in [5.74, 6) is 0.439. The third-order valence-electron chi connectivity index (χ3n) is 5.36. The smallest absolute Gasteiger partial charge is 0.267 e. The van der Waals surface area contributed by atoms with Crippen LogP contribution in [0.3, 0.4) is 0 Å². The number of nitrogens with one attached hydrogen (secondary N) is 2. The van der Waals surface area contributed by atoms with Crippen molar-refractivity contribution in [3.63, 3.8) is 0 Å². The van der Waals surface area contributed by atoms with E-state index < -0.39 is 16.5 Å². The molecule has 2 aromatic rings. The molecule has 1 unspecified atom stereocenters. The molecule has 1 saturated carbocycles. The summed E-state index contributed by atoms with van der Waals surface area (Å²) in [6, 6.07) is 3.52. The molecule has 0 spiro atoms. The number of nitrogens with zero attached hydrogens (tertiary/aromatic N) is 4. The SMILES string of the molecule is C1CCCCC1.CC.CS(=O)N1CCC(Nc2ncc3cc(C#N)c(=O)[nH]c3n2)CC1. The van der Waals surface area contributed by atoms with Crippen LogP contribution in [0.1, 0.15) is 70.8 Å². The van der Waals surface area contributed by atoms with Gasteiger partial charge in [0.1, 0.15) is 17.3 Å². The second-order valence-corrected chi connectivity index (χ2v) is 8.88. The molecule has 31 heavy (non-hydrogen) atoms. The van der Waals surface area contributed by atoms with E-state index in [4.69, 9.17) is 5.26 Å². The lowest BCUT2D eigenvalue weighted by atomic mass is 10.0. The highest BCUT2D eigenvalue weighted by Gasteiger charge is 2.21. The number of hydrogen-bond donors (Lipinski definition) is 2. The molecule has 2 fully saturated rings. The minimum atomic E-state index is -0.930. The molecule has 2 aliphatic rings. The number of hydrogen-bond acceptors (Lipinski definition) is 6. The number of aromatic amines is 1. The van der Waals surface area contributed by atoms with Gasteiger partial charge >= 0.3 is 0 Å². The molecule has 2 N–H and O–H groups in total. The van der Waals surface area contributed by atoms with E-state index in [0.717, 1.165) is 25.9 Å². The quantitative estimate of drug-likeness (QED) is 0.742. The van der Waals surface area contributed by atoms with Gasteiger partial charge in [0.2, 0.25) is 5.95 Å². The van der Waals surface area contributed by atoms with E-state index in [1.165, 1.54) is 44.6 Å². The van der Waals surface area contributed by atoms with E-state index in [-0.39, 0.29) is 11.6 Å². The summed E-state index contributed by atoms with van der Waals surface area (Å²) in [4.78, 5) is 22.8. The molecule has 8 nitrogen and oxygen atoms in total. The van der Waals surface area contributed by atoms with Crippen molar-refractivity contribution >= 4 is 28.0 Å². The zero-order chi connectivity index (χ0) is 22.6. The summed E-state index contributed by atoms with van der Waals surface area (Å²) in [6.45, 7) is 5.52. The van der Waals surface area contributed by atoms with Gasteiger partial charge in [-0.3, -0.25) is 4.79 Å². The van der Waals surface area contributed by atoms with Crippen molar-refractivity contribution in [3.8, 4) is 6.07 Å². The van der Waals surface area contributed by atoms with Crippen LogP contribution in [0.15, 0.2) is 17.1 Å². The molecule has 4 rings (SSSR count). The highest BCUT2D eigenvalue weighted by molar-refractivity contribution is 7.81. The van der Waals surface area contributed by atoms with Crippen molar-refractivity contribution in [2.24, 2.45) is 0 Å². The molecule has 1 aliphatic heterocycles. The maximum atomic E-state index is 11.7. The van der Waals surface area contributed by atoms with E-state index in [2.05, 4.69) is 20.3 Å². The highest BCUT2D eigenvalue weighted by atomic mass is 32.2. The Hall–Kier alpha value is -2.31. The zero-order valence-corrected chi connectivity index (χ0v) is 19.6. The van der Waals surface area contributed by atoms with Gasteiger partial charge in [0, 0.05) is 37.0 Å². The Balaban J connectivity index is 0.000000363. The second-order valence-electron chi connectivity index (χ2n) is 7.51. The number of piperidine rings is 1. The number of fused-ring (bicyclic) bond motifs is 1. The van der Waals surface area contributed by atoms with Crippen LogP contribution in [0.4, 0.5) is 5.95 Å². The normalized spacial score (nSPS) is 18.0. The van der Waals surface area contributed by atoms with E-state index in [9.17, 15) is 9.00 Å². The van der Waals surface area contributed by atoms with Crippen molar-refractivity contribution < 1.29 is 4.21 Å². The molecule has 2 aromatic heterocycles. The van der Waals surface area contributed by atoms with Gasteiger partial charge < -0.3 is 10.3 Å². The minimum Gasteiger partial charge on any atom is -0.351 e. The van der Waals surface area contributed by atoms with Gasteiger partial charge in [-0.15, -0.1) is 0 Å². The molecule has 0 radical (unpaired) electrons. The lowest BCUT2D eigenvalue weighted by Gasteiger charge is -2.30. The van der Waals surface area contributed by atoms with Crippen molar-refractivity contribution in [1.29, 1.82) is 5.26 Å². The van der Waals surface area contributed by atoms with Crippen LogP contribution in [-0.2, 0) is 11.0 Å². The van der Waals surface area contributed by atoms with Crippen LogP contribution in [0.5, 0.6) is 0 Å². The maximum Gasteiger partial charge on any atom is 0.267 e. The summed E-state index contributed by atoms with van der Waals surface area (Å²) >= 11 is 0. The van der Waals surface area contributed by atoms with Crippen molar-refractivity contribution in [2.75, 3.05) is 24.7 Å². The van der Waals surface area contributed by atoms with E-state index >= 15 is 0 Å². The molecule has 0 aromatic carbocycles. The predicted molar refractivity (Wildman–Crippen MR) is 126 cm³/mol. The largest absolute Gasteiger partial charge is 0.351 e. The molecule has 9 heteroatoms. The molecule has 1 aliphatic carbocycles. The number of H-pyrrole nitrogens is 1. The van der Waals surface area contributed by atoms with Gasteiger partial charge in [-0.05, 0) is 18.9 Å². The van der Waals surface area contributed by atoms with Gasteiger partial charge in [0.05, 0.1) is 11.0 Å². The molecule has 170 valence electrons. The van der Waals surface area contributed by atoms with Gasteiger partial charge in [-0.2, -0.15) is 10.2 Å². The Kier molecular flexibility index (Phi) is 10.6. The van der Waals surface area contributed by atoms with E-state index in [1.807, 2.05) is 24.2 Å². The molecule has 3 heterocycles. The molecule has 1 atom stereocenters. The third-order valence-corrected chi connectivity index (χ3v) is 6.46. The fourth-order valence-electron chi connectivity index (χ4n) is 3.65. The van der Waals surface area contributed by atoms with Crippen molar-refractivity contribution in [1.82, 2.24) is 19.3 Å². The van der Waals surface area contributed by atoms with Crippen LogP contribution >= 0.6 is 0 Å². The maximum absolute atomic E-state index is 11.7. The summed E-state index contributed by atoms with van der Waals surface area (Å²) in [7, 11) is -0.930. The second kappa shape index (κ2) is 13.2. The van der Waals surface area contributed by atoms with E-state index in [0.29, 0.717) is 17.0 Å². The number of aromatic nitrogens is 3. The number of nitriles is 1. The van der Waals surface area contributed by atoms with Crippen molar-refractivity contribution in [3.05, 3.63) is 28.2 Å². The zero-order valence-electron chi connectivity index (χ0n) is 18.8. The first-order valence-electron chi connectivity index (χ1n) is 11.2. The minimum absolute atomic E-state index is 0.0433.